The second kappa shape index (κ2) is 9.94. The second-order valence-electron chi connectivity index (χ2n) is 6.87. The monoisotopic (exact) mass is 467 g/mol. The third-order valence-corrected chi connectivity index (χ3v) is 5.93. The molecule has 0 fully saturated rings. The lowest BCUT2D eigenvalue weighted by Crippen LogP contribution is -2.32. The van der Waals surface area contributed by atoms with Gasteiger partial charge in [0.15, 0.2) is 0 Å². The number of thiophene rings is 1. The van der Waals surface area contributed by atoms with Gasteiger partial charge in [0, 0.05) is 10.4 Å². The Morgan fingerprint density at radius 1 is 1.16 bits per heavy atom. The zero-order chi connectivity index (χ0) is 23.3. The molecule has 11 heteroatoms. The Balaban J connectivity index is 1.72. The fourth-order valence-corrected chi connectivity index (χ4v) is 4.58. The Morgan fingerprint density at radius 3 is 2.59 bits per heavy atom. The number of nitrogens with one attached hydrogen (secondary N) is 2. The number of halogens is 3. The van der Waals surface area contributed by atoms with Crippen molar-refractivity contribution in [2.45, 2.75) is 38.8 Å². The number of ether oxygens (including phenoxy) is 1. The van der Waals surface area contributed by atoms with E-state index in [0.29, 0.717) is 6.42 Å². The van der Waals surface area contributed by atoms with Crippen molar-refractivity contribution >= 4 is 40.3 Å². The quantitative estimate of drug-likeness (QED) is 0.302. The fourth-order valence-electron chi connectivity index (χ4n) is 3.31. The summed E-state index contributed by atoms with van der Waals surface area (Å²) in [5.74, 6) is -2.87. The Labute approximate surface area is 185 Å². The summed E-state index contributed by atoms with van der Waals surface area (Å²) >= 11 is 1.21. The highest BCUT2D eigenvalue weighted by Gasteiger charge is 2.32. The molecule has 0 saturated carbocycles. The van der Waals surface area contributed by atoms with Crippen LogP contribution in [-0.4, -0.2) is 30.6 Å². The number of alkyl halides is 3. The lowest BCUT2D eigenvalue weighted by atomic mass is 9.95. The zero-order valence-electron chi connectivity index (χ0n) is 17.0. The highest BCUT2D eigenvalue weighted by Crippen LogP contribution is 2.38. The highest BCUT2D eigenvalue weighted by molar-refractivity contribution is 7.17. The van der Waals surface area contributed by atoms with Crippen LogP contribution < -0.4 is 10.7 Å². The lowest BCUT2D eigenvalue weighted by Gasteiger charge is -2.12. The van der Waals surface area contributed by atoms with Crippen molar-refractivity contribution in [3.63, 3.8) is 0 Å². The molecule has 1 heterocycles. The van der Waals surface area contributed by atoms with E-state index in [0.717, 1.165) is 42.0 Å². The number of nitrogens with zero attached hydrogens (tertiary/aromatic N) is 1. The molecule has 0 spiro atoms. The lowest BCUT2D eigenvalue weighted by molar-refractivity contribution is -0.137. The molecule has 0 bridgehead atoms. The first-order chi connectivity index (χ1) is 15.2. The van der Waals surface area contributed by atoms with Gasteiger partial charge in [-0.3, -0.25) is 9.59 Å². The van der Waals surface area contributed by atoms with Gasteiger partial charge in [-0.15, -0.1) is 11.3 Å². The number of carbonyl (C=O) groups is 3. The van der Waals surface area contributed by atoms with Crippen molar-refractivity contribution in [2.24, 2.45) is 5.10 Å². The number of fused-ring (bicyclic) bond motifs is 1. The van der Waals surface area contributed by atoms with Crippen molar-refractivity contribution in [3.8, 4) is 0 Å². The van der Waals surface area contributed by atoms with Crippen LogP contribution in [0.2, 0.25) is 0 Å². The van der Waals surface area contributed by atoms with Crippen LogP contribution in [0.25, 0.3) is 0 Å². The molecule has 2 N–H and O–H groups in total. The summed E-state index contributed by atoms with van der Waals surface area (Å²) in [5, 5.41) is 6.07. The number of benzene rings is 1. The maximum Gasteiger partial charge on any atom is 0.417 e. The minimum atomic E-state index is -4.59. The number of hydrogen-bond donors (Lipinski definition) is 2. The third-order valence-electron chi connectivity index (χ3n) is 4.72. The number of aryl methyl sites for hydroxylation is 1. The molecular formula is C21H20F3N3O4S. The minimum Gasteiger partial charge on any atom is -0.462 e. The van der Waals surface area contributed by atoms with E-state index < -0.39 is 29.5 Å². The van der Waals surface area contributed by atoms with Gasteiger partial charge in [-0.05, 0) is 44.2 Å². The molecule has 0 saturated heterocycles. The van der Waals surface area contributed by atoms with E-state index >= 15 is 0 Å². The minimum absolute atomic E-state index is 0.158. The SMILES string of the molecule is CCOC(=O)c1c(NC(=O)C(=O)N/N=C/c2ccccc2C(F)(F)F)sc2c1CCCC2. The van der Waals surface area contributed by atoms with Gasteiger partial charge in [0.25, 0.3) is 0 Å². The molecule has 2 aromatic rings. The summed E-state index contributed by atoms with van der Waals surface area (Å²) in [4.78, 5) is 37.8. The molecule has 2 amide bonds. The molecule has 3 rings (SSSR count). The van der Waals surface area contributed by atoms with Gasteiger partial charge in [0.1, 0.15) is 5.00 Å². The first-order valence-electron chi connectivity index (χ1n) is 9.84. The largest absolute Gasteiger partial charge is 0.462 e. The van der Waals surface area contributed by atoms with E-state index in [1.54, 1.807) is 6.92 Å². The van der Waals surface area contributed by atoms with Crippen LogP contribution in [0.5, 0.6) is 0 Å². The normalized spacial score (nSPS) is 13.5. The average molecular weight is 467 g/mol. The van der Waals surface area contributed by atoms with Crippen molar-refractivity contribution in [1.29, 1.82) is 0 Å². The van der Waals surface area contributed by atoms with E-state index in [-0.39, 0.29) is 22.7 Å². The Morgan fingerprint density at radius 2 is 1.88 bits per heavy atom. The molecule has 1 aliphatic carbocycles. The van der Waals surface area contributed by atoms with Crippen LogP contribution in [0, 0.1) is 0 Å². The Hall–Kier alpha value is -3.21. The molecule has 0 aliphatic heterocycles. The number of esters is 1. The van der Waals surface area contributed by atoms with Crippen LogP contribution in [-0.2, 0) is 33.3 Å². The molecule has 7 nitrogen and oxygen atoms in total. The molecule has 0 atom stereocenters. The first kappa shape index (κ1) is 23.5. The molecular weight excluding hydrogens is 447 g/mol. The van der Waals surface area contributed by atoms with Gasteiger partial charge in [-0.2, -0.15) is 18.3 Å². The number of amides is 2. The van der Waals surface area contributed by atoms with Crippen LogP contribution in [0.4, 0.5) is 18.2 Å². The number of hydrazone groups is 1. The highest BCUT2D eigenvalue weighted by atomic mass is 32.1. The van der Waals surface area contributed by atoms with Gasteiger partial charge >= 0.3 is 24.0 Å². The van der Waals surface area contributed by atoms with Crippen molar-refractivity contribution in [2.75, 3.05) is 11.9 Å². The van der Waals surface area contributed by atoms with Gasteiger partial charge in [-0.1, -0.05) is 18.2 Å². The van der Waals surface area contributed by atoms with Gasteiger partial charge in [0.2, 0.25) is 0 Å². The molecule has 1 aromatic carbocycles. The van der Waals surface area contributed by atoms with Crippen LogP contribution in [0.1, 0.15) is 51.7 Å². The summed E-state index contributed by atoms with van der Waals surface area (Å²) in [6.45, 7) is 1.82. The standard InChI is InChI=1S/C21H20F3N3O4S/c1-2-31-20(30)16-13-8-4-6-10-15(13)32-19(16)26-17(28)18(29)27-25-11-12-7-3-5-9-14(12)21(22,23)24/h3,5,7,9,11H,2,4,6,8,10H2,1H3,(H,26,28)(H,27,29)/b25-11+. The number of anilines is 1. The van der Waals surface area contributed by atoms with Gasteiger partial charge in [0.05, 0.1) is 23.9 Å². The molecule has 0 unspecified atom stereocenters. The molecule has 1 aromatic heterocycles. The predicted molar refractivity (Wildman–Crippen MR) is 113 cm³/mol. The van der Waals surface area contributed by atoms with E-state index in [9.17, 15) is 27.6 Å². The van der Waals surface area contributed by atoms with E-state index in [4.69, 9.17) is 4.74 Å². The van der Waals surface area contributed by atoms with E-state index in [2.05, 4.69) is 10.4 Å². The smallest absolute Gasteiger partial charge is 0.417 e. The summed E-state index contributed by atoms with van der Waals surface area (Å²) < 4.78 is 44.1. The number of carbonyl (C=O) groups excluding carboxylic acids is 3. The second-order valence-corrected chi connectivity index (χ2v) is 7.98. The third kappa shape index (κ3) is 5.34. The van der Waals surface area contributed by atoms with Crippen LogP contribution in [0.3, 0.4) is 0 Å². The molecule has 32 heavy (non-hydrogen) atoms. The average Bonchev–Trinajstić information content (AvgIpc) is 3.11. The summed E-state index contributed by atoms with van der Waals surface area (Å²) in [6.07, 6.45) is -0.494. The maximum absolute atomic E-state index is 13.0. The van der Waals surface area contributed by atoms with Crippen LogP contribution in [0.15, 0.2) is 29.4 Å². The molecule has 0 radical (unpaired) electrons. The summed E-state index contributed by atoms with van der Waals surface area (Å²) in [7, 11) is 0. The van der Waals surface area contributed by atoms with Gasteiger partial charge < -0.3 is 10.1 Å². The summed E-state index contributed by atoms with van der Waals surface area (Å²) in [5.41, 5.74) is 1.77. The predicted octanol–water partition coefficient (Wildman–Crippen LogP) is 3.91. The number of hydrogen-bond acceptors (Lipinski definition) is 6. The molecule has 170 valence electrons. The fraction of sp³-hybridized carbons (Fsp3) is 0.333. The van der Waals surface area contributed by atoms with Crippen molar-refractivity contribution in [1.82, 2.24) is 5.43 Å². The van der Waals surface area contributed by atoms with Gasteiger partial charge in [-0.25, -0.2) is 10.2 Å². The Kier molecular flexibility index (Phi) is 7.29. The summed E-state index contributed by atoms with van der Waals surface area (Å²) in [6, 6.07) is 4.68. The Bertz CT molecular complexity index is 1060. The van der Waals surface area contributed by atoms with Crippen LogP contribution >= 0.6 is 11.3 Å². The maximum atomic E-state index is 13.0. The van der Waals surface area contributed by atoms with E-state index in [1.807, 2.05) is 5.43 Å². The molecule has 1 aliphatic rings. The first-order valence-corrected chi connectivity index (χ1v) is 10.7. The van der Waals surface area contributed by atoms with Crippen molar-refractivity contribution in [3.05, 3.63) is 51.4 Å². The van der Waals surface area contributed by atoms with Crippen molar-refractivity contribution < 1.29 is 32.3 Å². The van der Waals surface area contributed by atoms with E-state index in [1.165, 1.54) is 29.5 Å². The topological polar surface area (TPSA) is 96.9 Å². The number of rotatable bonds is 5. The zero-order valence-corrected chi connectivity index (χ0v) is 17.9.